The van der Waals surface area contributed by atoms with Crippen LogP contribution in [0.3, 0.4) is 0 Å². The standard InChI is InChI=1S/C27H35Cl2N/c1-18-16-23(28)25(29)24(17-18)30(21-12-8-19(9-13-21)26(2,3)4)22-14-10-20(11-15-22)27(5,6)7/h8-10,12-13,16-17,22H,11,14-15H2,1-7H3. The predicted molar refractivity (Wildman–Crippen MR) is 134 cm³/mol. The summed E-state index contributed by atoms with van der Waals surface area (Å²) in [6.07, 6.45) is 5.67. The summed E-state index contributed by atoms with van der Waals surface area (Å²) >= 11 is 13.2. The molecule has 1 atom stereocenters. The highest BCUT2D eigenvalue weighted by molar-refractivity contribution is 6.43. The van der Waals surface area contributed by atoms with E-state index < -0.39 is 0 Å². The normalized spacial score (nSPS) is 17.6. The van der Waals surface area contributed by atoms with Crippen LogP contribution >= 0.6 is 23.2 Å². The molecule has 0 amide bonds. The molecular weight excluding hydrogens is 409 g/mol. The average molecular weight is 444 g/mol. The molecule has 3 rings (SSSR count). The first-order valence-corrected chi connectivity index (χ1v) is 11.7. The van der Waals surface area contributed by atoms with E-state index in [0.29, 0.717) is 16.1 Å². The van der Waals surface area contributed by atoms with Gasteiger partial charge in [0.1, 0.15) is 0 Å². The van der Waals surface area contributed by atoms with Gasteiger partial charge in [0.25, 0.3) is 0 Å². The summed E-state index contributed by atoms with van der Waals surface area (Å²) < 4.78 is 0. The second kappa shape index (κ2) is 8.60. The third-order valence-electron chi connectivity index (χ3n) is 6.14. The molecule has 1 aliphatic carbocycles. The predicted octanol–water partition coefficient (Wildman–Crippen LogP) is 9.26. The maximum atomic E-state index is 6.75. The van der Waals surface area contributed by atoms with Crippen molar-refractivity contribution in [2.45, 2.75) is 79.2 Å². The fourth-order valence-electron chi connectivity index (χ4n) is 4.29. The van der Waals surface area contributed by atoms with Gasteiger partial charge in [0.2, 0.25) is 0 Å². The summed E-state index contributed by atoms with van der Waals surface area (Å²) in [6, 6.07) is 13.4. The summed E-state index contributed by atoms with van der Waals surface area (Å²) in [4.78, 5) is 2.41. The van der Waals surface area contributed by atoms with E-state index in [-0.39, 0.29) is 10.8 Å². The molecule has 2 aromatic rings. The van der Waals surface area contributed by atoms with Gasteiger partial charge in [-0.15, -0.1) is 0 Å². The van der Waals surface area contributed by atoms with Gasteiger partial charge < -0.3 is 4.90 Å². The van der Waals surface area contributed by atoms with E-state index >= 15 is 0 Å². The van der Waals surface area contributed by atoms with Crippen molar-refractivity contribution >= 4 is 34.6 Å². The van der Waals surface area contributed by atoms with Gasteiger partial charge in [0, 0.05) is 11.7 Å². The van der Waals surface area contributed by atoms with Crippen molar-refractivity contribution in [2.24, 2.45) is 5.41 Å². The summed E-state index contributed by atoms with van der Waals surface area (Å²) in [5, 5.41) is 1.25. The first-order chi connectivity index (χ1) is 13.9. The molecule has 0 saturated heterocycles. The van der Waals surface area contributed by atoms with E-state index in [9.17, 15) is 0 Å². The number of halogens is 2. The molecule has 0 fully saturated rings. The van der Waals surface area contributed by atoms with Crippen molar-refractivity contribution in [3.8, 4) is 0 Å². The number of allylic oxidation sites excluding steroid dienone is 1. The summed E-state index contributed by atoms with van der Waals surface area (Å²) in [5.41, 5.74) is 6.54. The number of benzene rings is 2. The second-order valence-electron chi connectivity index (χ2n) is 10.7. The van der Waals surface area contributed by atoms with E-state index in [1.807, 2.05) is 6.07 Å². The van der Waals surface area contributed by atoms with Crippen LogP contribution in [0.5, 0.6) is 0 Å². The first-order valence-electron chi connectivity index (χ1n) is 10.9. The Bertz CT molecular complexity index is 927. The zero-order chi connectivity index (χ0) is 22.3. The fourth-order valence-corrected chi connectivity index (χ4v) is 4.76. The van der Waals surface area contributed by atoms with E-state index in [1.165, 1.54) is 11.3 Å². The maximum Gasteiger partial charge on any atom is 0.0829 e. The van der Waals surface area contributed by atoms with Gasteiger partial charge in [0.15, 0.2) is 0 Å². The van der Waals surface area contributed by atoms with Gasteiger partial charge in [-0.2, -0.15) is 0 Å². The fraction of sp³-hybridized carbons (Fsp3) is 0.481. The maximum absolute atomic E-state index is 6.75. The monoisotopic (exact) mass is 443 g/mol. The van der Waals surface area contributed by atoms with Gasteiger partial charge in [-0.25, -0.2) is 0 Å². The van der Waals surface area contributed by atoms with Crippen molar-refractivity contribution in [1.29, 1.82) is 0 Å². The smallest absolute Gasteiger partial charge is 0.0829 e. The van der Waals surface area contributed by atoms with Crippen LogP contribution in [0.1, 0.15) is 71.9 Å². The molecule has 0 aliphatic heterocycles. The zero-order valence-corrected chi connectivity index (χ0v) is 21.0. The third-order valence-corrected chi connectivity index (χ3v) is 6.93. The van der Waals surface area contributed by atoms with E-state index in [1.54, 1.807) is 5.57 Å². The minimum absolute atomic E-state index is 0.128. The Kier molecular flexibility index (Phi) is 6.65. The van der Waals surface area contributed by atoms with Crippen LogP contribution in [0, 0.1) is 12.3 Å². The highest BCUT2D eigenvalue weighted by Gasteiger charge is 2.29. The Balaban J connectivity index is 2.06. The Hall–Kier alpha value is -1.44. The summed E-state index contributed by atoms with van der Waals surface area (Å²) in [6.45, 7) is 15.7. The van der Waals surface area contributed by atoms with Crippen LogP contribution in [0.4, 0.5) is 11.4 Å². The summed E-state index contributed by atoms with van der Waals surface area (Å²) in [7, 11) is 0. The number of aryl methyl sites for hydroxylation is 1. The average Bonchev–Trinajstić information content (AvgIpc) is 2.65. The Morgan fingerprint density at radius 3 is 2.03 bits per heavy atom. The van der Waals surface area contributed by atoms with Crippen LogP contribution in [0.25, 0.3) is 0 Å². The molecular formula is C27H35Cl2N. The molecule has 2 aromatic carbocycles. The van der Waals surface area contributed by atoms with E-state index in [4.69, 9.17) is 23.2 Å². The lowest BCUT2D eigenvalue weighted by atomic mass is 9.78. The number of nitrogens with zero attached hydrogens (tertiary/aromatic N) is 1. The lowest BCUT2D eigenvalue weighted by Crippen LogP contribution is -2.34. The second-order valence-corrected chi connectivity index (χ2v) is 11.4. The van der Waals surface area contributed by atoms with Crippen LogP contribution in [0.2, 0.25) is 10.0 Å². The number of anilines is 2. The van der Waals surface area contributed by atoms with Crippen LogP contribution < -0.4 is 4.90 Å². The van der Waals surface area contributed by atoms with Gasteiger partial charge in [-0.05, 0) is 72.4 Å². The van der Waals surface area contributed by atoms with Gasteiger partial charge in [-0.1, -0.05) is 88.5 Å². The van der Waals surface area contributed by atoms with Gasteiger partial charge in [-0.3, -0.25) is 0 Å². The SMILES string of the molecule is Cc1cc(Cl)c(Cl)c(N(c2ccc(C(C)(C)C)cc2)C2CC=C(C(C)(C)C)CC2)c1. The van der Waals surface area contributed by atoms with Crippen molar-refractivity contribution in [1.82, 2.24) is 0 Å². The molecule has 0 bridgehead atoms. The molecule has 0 spiro atoms. The third kappa shape index (κ3) is 5.06. The summed E-state index contributed by atoms with van der Waals surface area (Å²) in [5.74, 6) is 0. The van der Waals surface area contributed by atoms with Crippen LogP contribution in [-0.2, 0) is 5.41 Å². The lowest BCUT2D eigenvalue weighted by molar-refractivity contribution is 0.442. The molecule has 0 aromatic heterocycles. The van der Waals surface area contributed by atoms with Crippen LogP contribution in [-0.4, -0.2) is 6.04 Å². The molecule has 0 radical (unpaired) electrons. The van der Waals surface area contributed by atoms with Crippen molar-refractivity contribution in [2.75, 3.05) is 4.90 Å². The molecule has 0 saturated carbocycles. The molecule has 3 heteroatoms. The minimum atomic E-state index is 0.128. The molecule has 162 valence electrons. The van der Waals surface area contributed by atoms with Crippen molar-refractivity contribution in [3.05, 3.63) is 69.2 Å². The molecule has 1 aliphatic rings. The Labute approximate surface area is 193 Å². The van der Waals surface area contributed by atoms with Crippen molar-refractivity contribution in [3.63, 3.8) is 0 Å². The molecule has 30 heavy (non-hydrogen) atoms. The minimum Gasteiger partial charge on any atom is -0.337 e. The first kappa shape index (κ1) is 23.2. The highest BCUT2D eigenvalue weighted by Crippen LogP contribution is 2.43. The molecule has 0 N–H and O–H groups in total. The number of rotatable bonds is 3. The Morgan fingerprint density at radius 1 is 0.900 bits per heavy atom. The van der Waals surface area contributed by atoms with E-state index in [2.05, 4.69) is 89.8 Å². The van der Waals surface area contributed by atoms with E-state index in [0.717, 1.165) is 30.5 Å². The largest absolute Gasteiger partial charge is 0.337 e. The molecule has 1 nitrogen and oxygen atoms in total. The zero-order valence-electron chi connectivity index (χ0n) is 19.4. The molecule has 1 unspecified atom stereocenters. The quantitative estimate of drug-likeness (QED) is 0.426. The highest BCUT2D eigenvalue weighted by atomic mass is 35.5. The topological polar surface area (TPSA) is 3.24 Å². The number of hydrogen-bond acceptors (Lipinski definition) is 1. The van der Waals surface area contributed by atoms with Gasteiger partial charge in [0.05, 0.1) is 15.7 Å². The van der Waals surface area contributed by atoms with Crippen LogP contribution in [0.15, 0.2) is 48.0 Å². The lowest BCUT2D eigenvalue weighted by Gasteiger charge is -2.38. The van der Waals surface area contributed by atoms with Gasteiger partial charge >= 0.3 is 0 Å². The number of hydrogen-bond donors (Lipinski definition) is 0. The molecule has 0 heterocycles. The van der Waals surface area contributed by atoms with Crippen molar-refractivity contribution < 1.29 is 0 Å². The Morgan fingerprint density at radius 2 is 1.53 bits per heavy atom.